The van der Waals surface area contributed by atoms with Crippen molar-refractivity contribution < 1.29 is 0 Å². The fraction of sp³-hybridized carbons (Fsp3) is 0.389. The summed E-state index contributed by atoms with van der Waals surface area (Å²) in [5.74, 6) is 0.471. The van der Waals surface area contributed by atoms with Crippen molar-refractivity contribution in [3.8, 4) is 0 Å². The molecule has 0 atom stereocenters. The van der Waals surface area contributed by atoms with Crippen LogP contribution in [0.3, 0.4) is 0 Å². The number of hydrazone groups is 1. The van der Waals surface area contributed by atoms with Gasteiger partial charge in [-0.05, 0) is 30.6 Å². The zero-order valence-electron chi connectivity index (χ0n) is 15.0. The molecule has 0 saturated heterocycles. The predicted molar refractivity (Wildman–Crippen MR) is 108 cm³/mol. The molecule has 2 aromatic rings. The second-order valence-corrected chi connectivity index (χ2v) is 7.02. The lowest BCUT2D eigenvalue weighted by Crippen LogP contribution is -2.33. The standard InChI is InChI=1S/C18H24ClN5S/c1-13(2)12-24-17(19)16(14(3)22-24)11-21-23(4)18(25)20-10-15-8-6-5-7-9-15/h5-9,11,13H,10,12H2,1-4H3,(H,20,25)/b21-11-. The van der Waals surface area contributed by atoms with Gasteiger partial charge in [-0.1, -0.05) is 55.8 Å². The summed E-state index contributed by atoms with van der Waals surface area (Å²) in [6.45, 7) is 7.62. The molecule has 0 unspecified atom stereocenters. The molecule has 5 nitrogen and oxygen atoms in total. The first-order valence-corrected chi connectivity index (χ1v) is 8.99. The molecule has 0 bridgehead atoms. The number of nitrogens with zero attached hydrogens (tertiary/aromatic N) is 4. The highest BCUT2D eigenvalue weighted by Crippen LogP contribution is 2.19. The molecule has 0 spiro atoms. The van der Waals surface area contributed by atoms with Crippen molar-refractivity contribution in [2.24, 2.45) is 11.0 Å². The van der Waals surface area contributed by atoms with Crippen LogP contribution in [0.4, 0.5) is 0 Å². The van der Waals surface area contributed by atoms with Gasteiger partial charge in [0.15, 0.2) is 5.11 Å². The van der Waals surface area contributed by atoms with Crippen LogP contribution in [0.1, 0.15) is 30.7 Å². The van der Waals surface area contributed by atoms with Crippen LogP contribution in [0.5, 0.6) is 0 Å². The van der Waals surface area contributed by atoms with E-state index in [1.807, 2.05) is 41.9 Å². The van der Waals surface area contributed by atoms with Crippen molar-refractivity contribution in [3.05, 3.63) is 52.3 Å². The molecule has 0 fully saturated rings. The smallest absolute Gasteiger partial charge is 0.189 e. The molecule has 134 valence electrons. The summed E-state index contributed by atoms with van der Waals surface area (Å²) in [7, 11) is 1.80. The van der Waals surface area contributed by atoms with Crippen molar-refractivity contribution in [2.45, 2.75) is 33.9 Å². The van der Waals surface area contributed by atoms with E-state index in [9.17, 15) is 0 Å². The van der Waals surface area contributed by atoms with Crippen LogP contribution in [0.25, 0.3) is 0 Å². The van der Waals surface area contributed by atoms with Crippen LogP contribution in [0, 0.1) is 12.8 Å². The molecule has 0 aliphatic rings. The van der Waals surface area contributed by atoms with Gasteiger partial charge in [0.1, 0.15) is 5.15 Å². The first-order valence-electron chi connectivity index (χ1n) is 8.20. The lowest BCUT2D eigenvalue weighted by Gasteiger charge is -2.15. The van der Waals surface area contributed by atoms with Crippen LogP contribution in [-0.4, -0.2) is 33.2 Å². The molecule has 2 rings (SSSR count). The van der Waals surface area contributed by atoms with Gasteiger partial charge in [0.25, 0.3) is 0 Å². The van der Waals surface area contributed by atoms with Crippen molar-refractivity contribution >= 4 is 35.1 Å². The number of nitrogens with one attached hydrogen (secondary N) is 1. The molecule has 7 heteroatoms. The Morgan fingerprint density at radius 3 is 2.72 bits per heavy atom. The van der Waals surface area contributed by atoms with Crippen LogP contribution in [-0.2, 0) is 13.1 Å². The fourth-order valence-corrected chi connectivity index (χ4v) is 2.68. The average Bonchev–Trinajstić information content (AvgIpc) is 2.84. The van der Waals surface area contributed by atoms with Gasteiger partial charge < -0.3 is 5.32 Å². The Balaban J connectivity index is 1.98. The topological polar surface area (TPSA) is 45.5 Å². The first-order chi connectivity index (χ1) is 11.9. The highest BCUT2D eigenvalue weighted by atomic mass is 35.5. The van der Waals surface area contributed by atoms with Crippen molar-refractivity contribution in [3.63, 3.8) is 0 Å². The number of hydrogen-bond donors (Lipinski definition) is 1. The van der Waals surface area contributed by atoms with E-state index in [0.717, 1.165) is 23.4 Å². The number of aryl methyl sites for hydroxylation is 1. The average molecular weight is 378 g/mol. The largest absolute Gasteiger partial charge is 0.357 e. The predicted octanol–water partition coefficient (Wildman–Crippen LogP) is 3.84. The number of benzene rings is 1. The van der Waals surface area contributed by atoms with E-state index in [1.165, 1.54) is 0 Å². The Morgan fingerprint density at radius 1 is 1.40 bits per heavy atom. The molecular formula is C18H24ClN5S. The van der Waals surface area contributed by atoms with Gasteiger partial charge in [-0.15, -0.1) is 0 Å². The second-order valence-electron chi connectivity index (χ2n) is 6.28. The molecule has 0 amide bonds. The van der Waals surface area contributed by atoms with E-state index < -0.39 is 0 Å². The molecule has 0 radical (unpaired) electrons. The maximum absolute atomic E-state index is 6.42. The number of rotatable bonds is 6. The van der Waals surface area contributed by atoms with Gasteiger partial charge in [-0.3, -0.25) is 4.68 Å². The number of hydrogen-bond acceptors (Lipinski definition) is 3. The summed E-state index contributed by atoms with van der Waals surface area (Å²) in [6.07, 6.45) is 1.71. The summed E-state index contributed by atoms with van der Waals surface area (Å²) in [5, 5.41) is 14.8. The van der Waals surface area contributed by atoms with E-state index in [1.54, 1.807) is 18.3 Å². The number of halogens is 1. The monoisotopic (exact) mass is 377 g/mol. The molecule has 1 heterocycles. The molecule has 0 aliphatic heterocycles. The van der Waals surface area contributed by atoms with Gasteiger partial charge >= 0.3 is 0 Å². The third-order valence-corrected chi connectivity index (χ3v) is 4.40. The summed E-state index contributed by atoms with van der Waals surface area (Å²) in [5.41, 5.74) is 2.84. The van der Waals surface area contributed by atoms with E-state index in [-0.39, 0.29) is 0 Å². The van der Waals surface area contributed by atoms with Gasteiger partial charge in [0.2, 0.25) is 0 Å². The zero-order chi connectivity index (χ0) is 18.4. The van der Waals surface area contributed by atoms with Gasteiger partial charge in [-0.25, -0.2) is 5.01 Å². The Labute approximate surface area is 159 Å². The third-order valence-electron chi connectivity index (χ3n) is 3.59. The van der Waals surface area contributed by atoms with Gasteiger partial charge in [-0.2, -0.15) is 10.2 Å². The molecule has 0 aliphatic carbocycles. The number of thiocarbonyl (C=S) groups is 1. The third kappa shape index (κ3) is 5.54. The molecule has 1 aromatic carbocycles. The molecule has 0 saturated carbocycles. The van der Waals surface area contributed by atoms with Crippen LogP contribution >= 0.6 is 23.8 Å². The van der Waals surface area contributed by atoms with Gasteiger partial charge in [0.05, 0.1) is 17.5 Å². The lowest BCUT2D eigenvalue weighted by molar-refractivity contribution is 0.482. The summed E-state index contributed by atoms with van der Waals surface area (Å²) < 4.78 is 1.81. The highest BCUT2D eigenvalue weighted by molar-refractivity contribution is 7.80. The normalized spacial score (nSPS) is 11.3. The Hall–Kier alpha value is -1.92. The van der Waals surface area contributed by atoms with E-state index >= 15 is 0 Å². The zero-order valence-corrected chi connectivity index (χ0v) is 16.6. The minimum absolute atomic E-state index is 0.471. The second kappa shape index (κ2) is 8.97. The summed E-state index contributed by atoms with van der Waals surface area (Å²) >= 11 is 11.8. The Bertz CT molecular complexity index is 739. The van der Waals surface area contributed by atoms with Crippen LogP contribution in [0.15, 0.2) is 35.4 Å². The first kappa shape index (κ1) is 19.4. The van der Waals surface area contributed by atoms with E-state index in [0.29, 0.717) is 22.7 Å². The van der Waals surface area contributed by atoms with Crippen LogP contribution in [0.2, 0.25) is 5.15 Å². The van der Waals surface area contributed by atoms with Crippen molar-refractivity contribution in [1.29, 1.82) is 0 Å². The summed E-state index contributed by atoms with van der Waals surface area (Å²) in [6, 6.07) is 10.1. The molecule has 1 N–H and O–H groups in total. The SMILES string of the molecule is Cc1nn(CC(C)C)c(Cl)c1/C=N\N(C)C(=S)NCc1ccccc1. The van der Waals surface area contributed by atoms with Crippen molar-refractivity contribution in [1.82, 2.24) is 20.1 Å². The Kier molecular flexibility index (Phi) is 6.96. The quantitative estimate of drug-likeness (QED) is 0.472. The highest BCUT2D eigenvalue weighted by Gasteiger charge is 2.13. The summed E-state index contributed by atoms with van der Waals surface area (Å²) in [4.78, 5) is 0. The van der Waals surface area contributed by atoms with Crippen LogP contribution < -0.4 is 5.32 Å². The van der Waals surface area contributed by atoms with E-state index in [4.69, 9.17) is 23.8 Å². The molecule has 25 heavy (non-hydrogen) atoms. The fourth-order valence-electron chi connectivity index (χ4n) is 2.27. The molecule has 1 aromatic heterocycles. The maximum atomic E-state index is 6.42. The maximum Gasteiger partial charge on any atom is 0.189 e. The minimum Gasteiger partial charge on any atom is -0.357 e. The van der Waals surface area contributed by atoms with E-state index in [2.05, 4.69) is 29.4 Å². The van der Waals surface area contributed by atoms with Crippen molar-refractivity contribution in [2.75, 3.05) is 7.05 Å². The molecular weight excluding hydrogens is 354 g/mol. The minimum atomic E-state index is 0.471. The lowest BCUT2D eigenvalue weighted by atomic mass is 10.2. The van der Waals surface area contributed by atoms with Gasteiger partial charge in [0, 0.05) is 20.1 Å². The number of aromatic nitrogens is 2. The Morgan fingerprint density at radius 2 is 2.08 bits per heavy atom.